The number of esters is 2. The summed E-state index contributed by atoms with van der Waals surface area (Å²) in [7, 11) is 1.85. The minimum absolute atomic E-state index is 0.135. The average Bonchev–Trinajstić information content (AvgIpc) is 3.17. The molecule has 1 heterocycles. The molecule has 3 aromatic rings. The smallest absolute Gasteiger partial charge is 0.417 e. The Hall–Kier alpha value is -3.54. The van der Waals surface area contributed by atoms with Crippen molar-refractivity contribution in [2.24, 2.45) is 0 Å². The summed E-state index contributed by atoms with van der Waals surface area (Å²) >= 11 is 5.90. The maximum Gasteiger partial charge on any atom is 0.417 e. The number of benzene rings is 2. The maximum atomic E-state index is 13.9. The Bertz CT molecular complexity index is 1250. The van der Waals surface area contributed by atoms with Gasteiger partial charge in [0.25, 0.3) is 0 Å². The summed E-state index contributed by atoms with van der Waals surface area (Å²) in [6.07, 6.45) is -10.5. The molecule has 6 nitrogen and oxygen atoms in total. The molecule has 0 radical (unpaired) electrons. The van der Waals surface area contributed by atoms with Crippen LogP contribution in [0.3, 0.4) is 0 Å². The second-order valence-corrected chi connectivity index (χ2v) is 7.09. The molecule has 0 saturated carbocycles. The normalized spacial score (nSPS) is 11.9. The molecule has 0 saturated heterocycles. The van der Waals surface area contributed by atoms with Crippen LogP contribution >= 0.6 is 11.6 Å². The number of nitrogens with zero attached hydrogens (tertiary/aromatic N) is 2. The molecule has 0 aliphatic heterocycles. The van der Waals surface area contributed by atoms with Gasteiger partial charge in [0.05, 0.1) is 36.1 Å². The Morgan fingerprint density at radius 3 is 2.00 bits per heavy atom. The number of ether oxygens (including phenoxy) is 2. The van der Waals surface area contributed by atoms with Crippen molar-refractivity contribution in [3.8, 4) is 16.9 Å². The Balaban J connectivity index is 2.51. The molecule has 180 valence electrons. The van der Waals surface area contributed by atoms with Crippen LogP contribution in [0.15, 0.2) is 42.5 Å². The molecule has 0 aliphatic rings. The highest BCUT2D eigenvalue weighted by molar-refractivity contribution is 6.34. The summed E-state index contributed by atoms with van der Waals surface area (Å²) in [4.78, 5) is 25.2. The van der Waals surface area contributed by atoms with Crippen LogP contribution in [0.2, 0.25) is 5.02 Å². The molecule has 0 spiro atoms. The summed E-state index contributed by atoms with van der Waals surface area (Å²) in [6, 6.07) is 7.59. The van der Waals surface area contributed by atoms with Gasteiger partial charge in [-0.05, 0) is 24.3 Å². The topological polar surface area (TPSA) is 70.4 Å². The van der Waals surface area contributed by atoms with E-state index in [-0.39, 0.29) is 17.8 Å². The van der Waals surface area contributed by atoms with E-state index >= 15 is 0 Å². The van der Waals surface area contributed by atoms with Crippen LogP contribution in [0, 0.1) is 0 Å². The van der Waals surface area contributed by atoms with E-state index in [1.54, 1.807) is 6.07 Å². The summed E-state index contributed by atoms with van der Waals surface area (Å²) in [5.74, 6) is -2.46. The number of methoxy groups -OCH3 is 2. The molecule has 0 unspecified atom stereocenters. The van der Waals surface area contributed by atoms with Gasteiger partial charge in [0.2, 0.25) is 0 Å². The van der Waals surface area contributed by atoms with Gasteiger partial charge in [-0.25, -0.2) is 14.3 Å². The highest BCUT2D eigenvalue weighted by Crippen LogP contribution is 2.45. The molecule has 2 aromatic carbocycles. The number of rotatable bonds is 4. The number of halogens is 7. The molecule has 1 aromatic heterocycles. The Morgan fingerprint density at radius 1 is 0.912 bits per heavy atom. The van der Waals surface area contributed by atoms with E-state index < -0.39 is 63.0 Å². The maximum absolute atomic E-state index is 13.9. The van der Waals surface area contributed by atoms with Crippen molar-refractivity contribution in [3.63, 3.8) is 0 Å². The molecule has 0 atom stereocenters. The number of hydrogen-bond donors (Lipinski definition) is 0. The van der Waals surface area contributed by atoms with Gasteiger partial charge in [0, 0.05) is 5.56 Å². The molecule has 0 amide bonds. The van der Waals surface area contributed by atoms with Gasteiger partial charge in [-0.1, -0.05) is 29.8 Å². The van der Waals surface area contributed by atoms with Gasteiger partial charge in [0.1, 0.15) is 11.3 Å². The molecule has 0 N–H and O–H groups in total. The van der Waals surface area contributed by atoms with Crippen molar-refractivity contribution >= 4 is 23.5 Å². The van der Waals surface area contributed by atoms with Gasteiger partial charge in [-0.15, -0.1) is 0 Å². The lowest BCUT2D eigenvalue weighted by atomic mass is 9.97. The first kappa shape index (κ1) is 25.1. The quantitative estimate of drug-likeness (QED) is 0.330. The first-order valence-electron chi connectivity index (χ1n) is 9.14. The zero-order valence-electron chi connectivity index (χ0n) is 17.2. The number of carbonyl (C=O) groups is 2. The van der Waals surface area contributed by atoms with Crippen molar-refractivity contribution < 1.29 is 45.4 Å². The third kappa shape index (κ3) is 4.58. The Kier molecular flexibility index (Phi) is 6.65. The summed E-state index contributed by atoms with van der Waals surface area (Å²) in [6.45, 7) is 0. The van der Waals surface area contributed by atoms with Gasteiger partial charge >= 0.3 is 24.3 Å². The molecular weight excluding hydrogens is 494 g/mol. The lowest BCUT2D eigenvalue weighted by Crippen LogP contribution is -2.16. The van der Waals surface area contributed by atoms with Crippen molar-refractivity contribution in [2.75, 3.05) is 14.2 Å². The number of alkyl halides is 6. The fraction of sp³-hybridized carbons (Fsp3) is 0.190. The standard InChI is InChI=1S/C21H13ClF6N2O4/c1-33-18(31)15-16(29-30(17(15)19(32)34-2)11-6-4-3-5-7-11)14-12(21(26,27)28)8-10(9-13(14)22)20(23,24)25/h3-9H,1-2H3. The van der Waals surface area contributed by atoms with E-state index in [4.69, 9.17) is 11.6 Å². The molecule has 0 fully saturated rings. The van der Waals surface area contributed by atoms with Crippen LogP contribution in [0.1, 0.15) is 32.0 Å². The van der Waals surface area contributed by atoms with Crippen LogP contribution in [0.25, 0.3) is 16.9 Å². The number of carbonyl (C=O) groups excluding carboxylic acids is 2. The first-order valence-corrected chi connectivity index (χ1v) is 9.52. The molecule has 0 aliphatic carbocycles. The summed E-state index contributed by atoms with van der Waals surface area (Å²) in [5, 5.41) is 2.97. The van der Waals surface area contributed by atoms with Crippen molar-refractivity contribution in [1.29, 1.82) is 0 Å². The largest absolute Gasteiger partial charge is 0.465 e. The van der Waals surface area contributed by atoms with E-state index in [9.17, 15) is 35.9 Å². The zero-order chi connectivity index (χ0) is 25.4. The van der Waals surface area contributed by atoms with Crippen LogP contribution in [-0.4, -0.2) is 35.9 Å². The van der Waals surface area contributed by atoms with Crippen LogP contribution in [0.5, 0.6) is 0 Å². The van der Waals surface area contributed by atoms with Gasteiger partial charge in [-0.2, -0.15) is 31.4 Å². The van der Waals surface area contributed by atoms with Crippen molar-refractivity contribution in [2.45, 2.75) is 12.4 Å². The third-order valence-corrected chi connectivity index (χ3v) is 4.91. The Labute approximate surface area is 192 Å². The highest BCUT2D eigenvalue weighted by atomic mass is 35.5. The number of aromatic nitrogens is 2. The lowest BCUT2D eigenvalue weighted by Gasteiger charge is -2.17. The lowest BCUT2D eigenvalue weighted by molar-refractivity contribution is -0.142. The van der Waals surface area contributed by atoms with E-state index in [1.807, 2.05) is 0 Å². The first-order chi connectivity index (χ1) is 15.8. The van der Waals surface area contributed by atoms with E-state index in [2.05, 4.69) is 14.6 Å². The molecule has 0 bridgehead atoms. The predicted octanol–water partition coefficient (Wildman–Crippen LogP) is 5.80. The summed E-state index contributed by atoms with van der Waals surface area (Å²) in [5.41, 5.74) is -6.58. The van der Waals surface area contributed by atoms with E-state index in [0.29, 0.717) is 0 Å². The second-order valence-electron chi connectivity index (χ2n) is 6.68. The van der Waals surface area contributed by atoms with Crippen LogP contribution < -0.4 is 0 Å². The zero-order valence-corrected chi connectivity index (χ0v) is 18.0. The molecule has 34 heavy (non-hydrogen) atoms. The Morgan fingerprint density at radius 2 is 1.50 bits per heavy atom. The van der Waals surface area contributed by atoms with Crippen molar-refractivity contribution in [3.05, 3.63) is 69.9 Å². The predicted molar refractivity (Wildman–Crippen MR) is 107 cm³/mol. The average molecular weight is 507 g/mol. The summed E-state index contributed by atoms with van der Waals surface area (Å²) < 4.78 is 91.3. The van der Waals surface area contributed by atoms with Gasteiger partial charge in [-0.3, -0.25) is 0 Å². The molecular formula is C21H13ClF6N2O4. The minimum Gasteiger partial charge on any atom is -0.465 e. The van der Waals surface area contributed by atoms with Crippen molar-refractivity contribution in [1.82, 2.24) is 9.78 Å². The van der Waals surface area contributed by atoms with Crippen LogP contribution in [0.4, 0.5) is 26.3 Å². The fourth-order valence-electron chi connectivity index (χ4n) is 3.16. The monoisotopic (exact) mass is 506 g/mol. The van der Waals surface area contributed by atoms with Gasteiger partial charge < -0.3 is 9.47 Å². The van der Waals surface area contributed by atoms with Crippen LogP contribution in [-0.2, 0) is 21.8 Å². The van der Waals surface area contributed by atoms with Gasteiger partial charge in [0.15, 0.2) is 5.69 Å². The molecule has 13 heteroatoms. The van der Waals surface area contributed by atoms with E-state index in [1.165, 1.54) is 24.3 Å². The second kappa shape index (κ2) is 9.01. The molecule has 3 rings (SSSR count). The number of para-hydroxylation sites is 1. The number of hydrogen-bond acceptors (Lipinski definition) is 5. The fourth-order valence-corrected chi connectivity index (χ4v) is 3.47. The minimum atomic E-state index is -5.34. The highest BCUT2D eigenvalue weighted by Gasteiger charge is 2.42. The third-order valence-electron chi connectivity index (χ3n) is 4.61. The van der Waals surface area contributed by atoms with E-state index in [0.717, 1.165) is 18.9 Å². The SMILES string of the molecule is COC(=O)c1c(-c2c(Cl)cc(C(F)(F)F)cc2C(F)(F)F)nn(-c2ccccc2)c1C(=O)OC.